The Morgan fingerprint density at radius 2 is 1.95 bits per heavy atom. The number of fused-ring (bicyclic) bond motifs is 1. The molecule has 4 aromatic rings. The summed E-state index contributed by atoms with van der Waals surface area (Å²) in [5.41, 5.74) is -0.881. The van der Waals surface area contributed by atoms with Crippen LogP contribution in [0.1, 0.15) is 35.5 Å². The van der Waals surface area contributed by atoms with E-state index in [1.807, 2.05) is 0 Å². The van der Waals surface area contributed by atoms with Crippen LogP contribution in [0.25, 0.3) is 32.6 Å². The maximum atomic E-state index is 15.8. The van der Waals surface area contributed by atoms with Gasteiger partial charge >= 0.3 is 0 Å². The molecule has 39 heavy (non-hydrogen) atoms. The van der Waals surface area contributed by atoms with Gasteiger partial charge in [0.1, 0.15) is 22.9 Å². The molecule has 1 aliphatic heterocycles. The molecule has 5 rings (SSSR count). The van der Waals surface area contributed by atoms with Crippen molar-refractivity contribution in [3.63, 3.8) is 0 Å². The van der Waals surface area contributed by atoms with Crippen LogP contribution < -0.4 is 5.32 Å². The standard InChI is InChI=1S/C27H25F3N6O2S/c1-27(2,14-37)36-24-20(33-34-36)11-18(22(29)23(24)30)25-17(15-4-5-16(13-31)19(28)10-15)12-21(39-25)26(38)35-8-3-6-32-7-9-35/h4-5,10-12,32,37H,3,6-9,14H2,1-2H3. The maximum absolute atomic E-state index is 15.8. The fourth-order valence-corrected chi connectivity index (χ4v) is 5.72. The predicted octanol–water partition coefficient (Wildman–Crippen LogP) is 4.28. The summed E-state index contributed by atoms with van der Waals surface area (Å²) < 4.78 is 47.1. The van der Waals surface area contributed by atoms with Crippen molar-refractivity contribution in [1.29, 1.82) is 5.26 Å². The molecular formula is C27H25F3N6O2S. The van der Waals surface area contributed by atoms with Crippen LogP contribution in [0, 0.1) is 28.8 Å². The van der Waals surface area contributed by atoms with Gasteiger partial charge in [-0.15, -0.1) is 16.4 Å². The number of hydrogen-bond acceptors (Lipinski definition) is 7. The van der Waals surface area contributed by atoms with Crippen LogP contribution >= 0.6 is 11.3 Å². The molecule has 0 atom stereocenters. The Kier molecular flexibility index (Phi) is 7.15. The summed E-state index contributed by atoms with van der Waals surface area (Å²) in [6.45, 7) is 5.29. The van der Waals surface area contributed by atoms with Crippen LogP contribution in [-0.2, 0) is 5.54 Å². The highest BCUT2D eigenvalue weighted by molar-refractivity contribution is 7.18. The summed E-state index contributed by atoms with van der Waals surface area (Å²) >= 11 is 0.979. The van der Waals surface area contributed by atoms with E-state index in [2.05, 4.69) is 15.6 Å². The molecule has 2 N–H and O–H groups in total. The fraction of sp³-hybridized carbons (Fsp3) is 0.333. The lowest BCUT2D eigenvalue weighted by atomic mass is 9.99. The Bertz CT molecular complexity index is 1620. The Morgan fingerprint density at radius 3 is 2.67 bits per heavy atom. The van der Waals surface area contributed by atoms with Crippen molar-refractivity contribution < 1.29 is 23.1 Å². The monoisotopic (exact) mass is 554 g/mol. The SMILES string of the molecule is CC(C)(CO)n1nnc2cc(-c3sc(C(=O)N4CCCNCC4)cc3-c3ccc(C#N)c(F)c3)c(F)c(F)c21. The lowest BCUT2D eigenvalue weighted by Crippen LogP contribution is -2.33. The van der Waals surface area contributed by atoms with Crippen LogP contribution in [0.4, 0.5) is 13.2 Å². The lowest BCUT2D eigenvalue weighted by molar-refractivity contribution is 0.0771. The van der Waals surface area contributed by atoms with Gasteiger partial charge in [-0.25, -0.2) is 17.9 Å². The van der Waals surface area contributed by atoms with Gasteiger partial charge in [-0.2, -0.15) is 5.26 Å². The first-order valence-electron chi connectivity index (χ1n) is 12.3. The number of benzene rings is 2. The Labute approximate surface area is 226 Å². The number of aliphatic hydroxyl groups excluding tert-OH is 1. The van der Waals surface area contributed by atoms with Crippen LogP contribution in [-0.4, -0.2) is 63.7 Å². The quantitative estimate of drug-likeness (QED) is 0.382. The molecule has 12 heteroatoms. The van der Waals surface area contributed by atoms with Gasteiger partial charge in [-0.1, -0.05) is 11.3 Å². The molecule has 3 heterocycles. The first-order valence-corrected chi connectivity index (χ1v) is 13.2. The highest BCUT2D eigenvalue weighted by atomic mass is 32.1. The van der Waals surface area contributed by atoms with Crippen LogP contribution in [0.3, 0.4) is 0 Å². The molecule has 2 aromatic heterocycles. The molecule has 1 aliphatic rings. The molecule has 0 bridgehead atoms. The van der Waals surface area contributed by atoms with E-state index in [1.54, 1.807) is 30.9 Å². The third-order valence-corrected chi connectivity index (χ3v) is 7.95. The first kappa shape index (κ1) is 26.8. The van der Waals surface area contributed by atoms with Gasteiger partial charge in [-0.3, -0.25) is 4.79 Å². The van der Waals surface area contributed by atoms with Crippen molar-refractivity contribution in [2.24, 2.45) is 0 Å². The smallest absolute Gasteiger partial charge is 0.264 e. The molecule has 0 unspecified atom stereocenters. The Hall–Kier alpha value is -3.79. The van der Waals surface area contributed by atoms with Crippen molar-refractivity contribution in [3.8, 4) is 27.6 Å². The summed E-state index contributed by atoms with van der Waals surface area (Å²) in [7, 11) is 0. The minimum Gasteiger partial charge on any atom is -0.394 e. The van der Waals surface area contributed by atoms with Crippen molar-refractivity contribution in [2.45, 2.75) is 25.8 Å². The average Bonchev–Trinajstić information content (AvgIpc) is 3.47. The largest absolute Gasteiger partial charge is 0.394 e. The third kappa shape index (κ3) is 4.78. The van der Waals surface area contributed by atoms with Gasteiger partial charge in [0, 0.05) is 35.6 Å². The Morgan fingerprint density at radius 1 is 1.15 bits per heavy atom. The van der Waals surface area contributed by atoms with E-state index in [4.69, 9.17) is 5.26 Å². The van der Waals surface area contributed by atoms with Crippen LogP contribution in [0.2, 0.25) is 0 Å². The zero-order chi connectivity index (χ0) is 27.9. The van der Waals surface area contributed by atoms with Gasteiger partial charge in [0.2, 0.25) is 0 Å². The van der Waals surface area contributed by atoms with E-state index in [0.29, 0.717) is 30.8 Å². The second kappa shape index (κ2) is 10.4. The number of thiophene rings is 1. The van der Waals surface area contributed by atoms with Gasteiger partial charge in [0.05, 0.1) is 22.6 Å². The number of carbonyl (C=O) groups is 1. The maximum Gasteiger partial charge on any atom is 0.264 e. The number of halogens is 3. The summed E-state index contributed by atoms with van der Waals surface area (Å²) in [6, 6.07) is 8.60. The summed E-state index contributed by atoms with van der Waals surface area (Å²) in [6.07, 6.45) is 0.772. The minimum atomic E-state index is -1.20. The van der Waals surface area contributed by atoms with Gasteiger partial charge in [-0.05, 0) is 56.6 Å². The molecular weight excluding hydrogens is 529 g/mol. The summed E-state index contributed by atoms with van der Waals surface area (Å²) in [5.74, 6) is -3.42. The highest BCUT2D eigenvalue weighted by Gasteiger charge is 2.30. The number of hydrogen-bond donors (Lipinski definition) is 2. The number of amides is 1. The van der Waals surface area contributed by atoms with Crippen LogP contribution in [0.5, 0.6) is 0 Å². The van der Waals surface area contributed by atoms with Crippen molar-refractivity contribution >= 4 is 28.3 Å². The Balaban J connectivity index is 1.70. The number of carbonyl (C=O) groups excluding carboxylic acids is 1. The zero-order valence-corrected chi connectivity index (χ0v) is 22.1. The van der Waals surface area contributed by atoms with Crippen molar-refractivity contribution in [2.75, 3.05) is 32.8 Å². The number of nitrogens with zero attached hydrogens (tertiary/aromatic N) is 5. The van der Waals surface area contributed by atoms with Crippen LogP contribution in [0.15, 0.2) is 30.3 Å². The molecule has 202 valence electrons. The zero-order valence-electron chi connectivity index (χ0n) is 21.3. The van der Waals surface area contributed by atoms with E-state index in [9.17, 15) is 14.3 Å². The summed E-state index contributed by atoms with van der Waals surface area (Å²) in [4.78, 5) is 15.6. The van der Waals surface area contributed by atoms with Crippen molar-refractivity contribution in [1.82, 2.24) is 25.2 Å². The molecule has 1 amide bonds. The molecule has 1 saturated heterocycles. The highest BCUT2D eigenvalue weighted by Crippen LogP contribution is 2.43. The van der Waals surface area contributed by atoms with E-state index in [-0.39, 0.29) is 44.4 Å². The molecule has 0 spiro atoms. The van der Waals surface area contributed by atoms with Gasteiger partial charge in [0.25, 0.3) is 5.91 Å². The third-order valence-electron chi connectivity index (χ3n) is 6.79. The number of nitriles is 1. The summed E-state index contributed by atoms with van der Waals surface area (Å²) in [5, 5.41) is 30.1. The fourth-order valence-electron chi connectivity index (χ4n) is 4.56. The normalized spacial score (nSPS) is 14.4. The van der Waals surface area contributed by atoms with E-state index in [0.717, 1.165) is 35.1 Å². The number of rotatable bonds is 5. The average molecular weight is 555 g/mol. The van der Waals surface area contributed by atoms with Gasteiger partial charge in [0.15, 0.2) is 11.6 Å². The second-order valence-electron chi connectivity index (χ2n) is 9.95. The molecule has 0 saturated carbocycles. The topological polar surface area (TPSA) is 107 Å². The predicted molar refractivity (Wildman–Crippen MR) is 141 cm³/mol. The van der Waals surface area contributed by atoms with E-state index < -0.39 is 23.0 Å². The number of nitrogens with one attached hydrogen (secondary N) is 1. The molecule has 1 fully saturated rings. The van der Waals surface area contributed by atoms with E-state index in [1.165, 1.54) is 18.2 Å². The molecule has 0 aliphatic carbocycles. The van der Waals surface area contributed by atoms with E-state index >= 15 is 8.78 Å². The molecule has 0 radical (unpaired) electrons. The lowest BCUT2D eigenvalue weighted by Gasteiger charge is -2.22. The molecule has 2 aromatic carbocycles. The van der Waals surface area contributed by atoms with Crippen molar-refractivity contribution in [3.05, 3.63) is 58.2 Å². The number of aromatic nitrogens is 3. The second-order valence-corrected chi connectivity index (χ2v) is 11.0. The molecule has 8 nitrogen and oxygen atoms in total. The number of aliphatic hydroxyl groups is 1. The first-order chi connectivity index (χ1) is 18.7. The van der Waals surface area contributed by atoms with Gasteiger partial charge < -0.3 is 15.3 Å². The minimum absolute atomic E-state index is 0.0576.